The lowest BCUT2D eigenvalue weighted by Crippen LogP contribution is -2.67. The molecule has 1 fully saturated rings. The summed E-state index contributed by atoms with van der Waals surface area (Å²) in [6.07, 6.45) is -0.0410. The maximum Gasteiger partial charge on any atom is 0.338 e. The van der Waals surface area contributed by atoms with Crippen molar-refractivity contribution in [2.45, 2.75) is 25.8 Å². The van der Waals surface area contributed by atoms with E-state index in [1.54, 1.807) is 62.4 Å². The number of amides is 2. The van der Waals surface area contributed by atoms with Crippen LogP contribution < -0.4 is 15.1 Å². The minimum Gasteiger partial charge on any atom is -0.462 e. The average molecular weight is 530 g/mol. The van der Waals surface area contributed by atoms with Gasteiger partial charge in [-0.1, -0.05) is 12.1 Å². The smallest absolute Gasteiger partial charge is 0.338 e. The molecule has 1 atom stereocenters. The lowest BCUT2D eigenvalue weighted by molar-refractivity contribution is -0.137. The first-order valence-corrected chi connectivity index (χ1v) is 12.7. The fraction of sp³-hybridized carbons (Fsp3) is 0.267. The summed E-state index contributed by atoms with van der Waals surface area (Å²) < 4.78 is 10.1. The molecule has 3 aromatic carbocycles. The Morgan fingerprint density at radius 1 is 0.821 bits per heavy atom. The second-order valence-corrected chi connectivity index (χ2v) is 9.23. The number of nitrogens with zero attached hydrogens (tertiary/aromatic N) is 2. The molecule has 39 heavy (non-hydrogen) atoms. The van der Waals surface area contributed by atoms with E-state index >= 15 is 0 Å². The molecule has 1 heterocycles. The van der Waals surface area contributed by atoms with Gasteiger partial charge in [-0.2, -0.15) is 0 Å². The highest BCUT2D eigenvalue weighted by atomic mass is 16.5. The lowest BCUT2D eigenvalue weighted by Gasteiger charge is -2.50. The molecule has 202 valence electrons. The third-order valence-electron chi connectivity index (χ3n) is 6.57. The Labute approximate surface area is 227 Å². The van der Waals surface area contributed by atoms with Crippen LogP contribution in [0.3, 0.4) is 0 Å². The monoisotopic (exact) mass is 529 g/mol. The second kappa shape index (κ2) is 11.4. The Morgan fingerprint density at radius 2 is 1.33 bits per heavy atom. The number of esters is 2. The van der Waals surface area contributed by atoms with Crippen molar-refractivity contribution in [3.8, 4) is 0 Å². The summed E-state index contributed by atoms with van der Waals surface area (Å²) in [5, 5.41) is 2.92. The Morgan fingerprint density at radius 3 is 1.79 bits per heavy atom. The zero-order valence-electron chi connectivity index (χ0n) is 22.4. The molecule has 1 aliphatic rings. The van der Waals surface area contributed by atoms with Crippen LogP contribution in [-0.4, -0.2) is 51.1 Å². The number of ether oxygens (including phenoxy) is 2. The molecule has 0 aliphatic carbocycles. The summed E-state index contributed by atoms with van der Waals surface area (Å²) in [5.41, 5.74) is 1.92. The summed E-state index contributed by atoms with van der Waals surface area (Å²) in [6, 6.07) is 20.3. The molecule has 0 radical (unpaired) electrons. The second-order valence-electron chi connectivity index (χ2n) is 9.23. The first-order valence-electron chi connectivity index (χ1n) is 12.7. The summed E-state index contributed by atoms with van der Waals surface area (Å²) in [4.78, 5) is 54.5. The third-order valence-corrected chi connectivity index (χ3v) is 6.57. The highest BCUT2D eigenvalue weighted by molar-refractivity contribution is 6.17. The van der Waals surface area contributed by atoms with Crippen molar-refractivity contribution >= 4 is 40.8 Å². The van der Waals surface area contributed by atoms with E-state index in [1.165, 1.54) is 4.90 Å². The van der Waals surface area contributed by atoms with Gasteiger partial charge in [-0.3, -0.25) is 14.5 Å². The number of rotatable bonds is 9. The van der Waals surface area contributed by atoms with E-state index in [1.807, 2.05) is 43.3 Å². The Balaban J connectivity index is 1.70. The molecule has 0 bridgehead atoms. The fourth-order valence-electron chi connectivity index (χ4n) is 4.54. The predicted octanol–water partition coefficient (Wildman–Crippen LogP) is 4.38. The summed E-state index contributed by atoms with van der Waals surface area (Å²) in [7, 11) is 3.84. The van der Waals surface area contributed by atoms with E-state index in [4.69, 9.17) is 9.47 Å². The number of carbonyl (C=O) groups excluding carboxylic acids is 4. The minimum absolute atomic E-state index is 0.0410. The van der Waals surface area contributed by atoms with Gasteiger partial charge in [-0.05, 0) is 80.1 Å². The van der Waals surface area contributed by atoms with Gasteiger partial charge in [0.2, 0.25) is 5.91 Å². The van der Waals surface area contributed by atoms with Crippen LogP contribution in [-0.2, 0) is 24.6 Å². The van der Waals surface area contributed by atoms with Gasteiger partial charge in [-0.25, -0.2) is 9.59 Å². The number of carbonyl (C=O) groups is 4. The maximum atomic E-state index is 14.0. The predicted molar refractivity (Wildman–Crippen MR) is 148 cm³/mol. The molecule has 9 heteroatoms. The van der Waals surface area contributed by atoms with Gasteiger partial charge >= 0.3 is 11.9 Å². The Hall–Kier alpha value is -4.66. The normalized spacial score (nSPS) is 16.2. The molecule has 3 aromatic rings. The number of β-lactam (4-membered cyclic amide) rings is 1. The largest absolute Gasteiger partial charge is 0.462 e. The van der Waals surface area contributed by atoms with Crippen molar-refractivity contribution < 1.29 is 28.7 Å². The van der Waals surface area contributed by atoms with Gasteiger partial charge in [0.25, 0.3) is 5.91 Å². The Bertz CT molecular complexity index is 1370. The van der Waals surface area contributed by atoms with Crippen LogP contribution in [0, 0.1) is 0 Å². The zero-order chi connectivity index (χ0) is 28.2. The standard InChI is InChI=1S/C30H31N3O6/c1-5-38-27(35)20-7-13-23(14-8-20)31-29(37)30(22-11-17-24(18-12-22)32(3)4)19-26(34)33(30)25-15-9-21(10-16-25)28(36)39-6-2/h7-18H,5-6,19H2,1-4H3,(H,31,37). The lowest BCUT2D eigenvalue weighted by atomic mass is 9.75. The number of anilines is 3. The van der Waals surface area contributed by atoms with Crippen LogP contribution in [0.2, 0.25) is 0 Å². The van der Waals surface area contributed by atoms with Crippen molar-refractivity contribution in [1.82, 2.24) is 0 Å². The van der Waals surface area contributed by atoms with Gasteiger partial charge in [0.1, 0.15) is 0 Å². The van der Waals surface area contributed by atoms with Crippen molar-refractivity contribution in [1.29, 1.82) is 0 Å². The van der Waals surface area contributed by atoms with Crippen LogP contribution in [0.15, 0.2) is 72.8 Å². The zero-order valence-corrected chi connectivity index (χ0v) is 22.4. The van der Waals surface area contributed by atoms with E-state index in [2.05, 4.69) is 5.32 Å². The molecule has 1 saturated heterocycles. The molecule has 4 rings (SSSR count). The highest BCUT2D eigenvalue weighted by Crippen LogP contribution is 2.46. The van der Waals surface area contributed by atoms with Gasteiger partial charge in [0.05, 0.1) is 30.8 Å². The molecular formula is C30H31N3O6. The topological polar surface area (TPSA) is 105 Å². The molecule has 1 N–H and O–H groups in total. The van der Waals surface area contributed by atoms with Gasteiger partial charge in [0.15, 0.2) is 5.54 Å². The van der Waals surface area contributed by atoms with E-state index in [0.717, 1.165) is 5.69 Å². The molecule has 2 amide bonds. The van der Waals surface area contributed by atoms with Crippen LogP contribution in [0.1, 0.15) is 46.5 Å². The number of benzene rings is 3. The molecule has 0 spiro atoms. The molecular weight excluding hydrogens is 498 g/mol. The van der Waals surface area contributed by atoms with Gasteiger partial charge < -0.3 is 19.7 Å². The average Bonchev–Trinajstić information content (AvgIpc) is 2.92. The van der Waals surface area contributed by atoms with Crippen molar-refractivity contribution in [2.24, 2.45) is 0 Å². The van der Waals surface area contributed by atoms with Crippen molar-refractivity contribution in [3.63, 3.8) is 0 Å². The van der Waals surface area contributed by atoms with Crippen LogP contribution in [0.4, 0.5) is 17.1 Å². The third kappa shape index (κ3) is 5.34. The van der Waals surface area contributed by atoms with Crippen molar-refractivity contribution in [3.05, 3.63) is 89.5 Å². The SMILES string of the molecule is CCOC(=O)c1ccc(NC(=O)C2(c3ccc(N(C)C)cc3)CC(=O)N2c2ccc(C(=O)OCC)cc2)cc1. The number of nitrogens with one attached hydrogen (secondary N) is 1. The van der Waals surface area contributed by atoms with Crippen molar-refractivity contribution in [2.75, 3.05) is 42.4 Å². The van der Waals surface area contributed by atoms with E-state index in [9.17, 15) is 19.2 Å². The summed E-state index contributed by atoms with van der Waals surface area (Å²) in [6.45, 7) is 3.96. The van der Waals surface area contributed by atoms with Crippen LogP contribution >= 0.6 is 0 Å². The van der Waals surface area contributed by atoms with E-state index in [-0.39, 0.29) is 25.5 Å². The minimum atomic E-state index is -1.33. The fourth-order valence-corrected chi connectivity index (χ4v) is 4.54. The molecule has 1 aliphatic heterocycles. The molecule has 0 aromatic heterocycles. The van der Waals surface area contributed by atoms with Crippen LogP contribution in [0.25, 0.3) is 0 Å². The number of hydrogen-bond acceptors (Lipinski definition) is 7. The molecule has 1 unspecified atom stereocenters. The summed E-state index contributed by atoms with van der Waals surface area (Å²) >= 11 is 0. The maximum absolute atomic E-state index is 14.0. The molecule has 9 nitrogen and oxygen atoms in total. The Kier molecular flexibility index (Phi) is 7.99. The molecule has 0 saturated carbocycles. The summed E-state index contributed by atoms with van der Waals surface area (Å²) in [5.74, 6) is -1.55. The van der Waals surface area contributed by atoms with E-state index in [0.29, 0.717) is 28.1 Å². The van der Waals surface area contributed by atoms with E-state index < -0.39 is 23.4 Å². The van der Waals surface area contributed by atoms with Gasteiger partial charge in [0, 0.05) is 31.2 Å². The van der Waals surface area contributed by atoms with Crippen LogP contribution in [0.5, 0.6) is 0 Å². The van der Waals surface area contributed by atoms with Gasteiger partial charge in [-0.15, -0.1) is 0 Å². The highest BCUT2D eigenvalue weighted by Gasteiger charge is 2.58. The first-order chi connectivity index (χ1) is 18.7. The number of hydrogen-bond donors (Lipinski definition) is 1. The quantitative estimate of drug-likeness (QED) is 0.324. The first kappa shape index (κ1) is 27.4.